The first kappa shape index (κ1) is 15.3. The van der Waals surface area contributed by atoms with Crippen LogP contribution >= 0.6 is 0 Å². The number of nitrogens with zero attached hydrogens (tertiary/aromatic N) is 2. The normalized spacial score (nSPS) is 30.8. The molecule has 1 aromatic rings. The van der Waals surface area contributed by atoms with E-state index in [1.165, 1.54) is 24.5 Å². The van der Waals surface area contributed by atoms with Gasteiger partial charge in [-0.05, 0) is 12.1 Å². The van der Waals surface area contributed by atoms with E-state index in [-0.39, 0.29) is 0 Å². The van der Waals surface area contributed by atoms with E-state index in [9.17, 15) is 20.1 Å². The summed E-state index contributed by atoms with van der Waals surface area (Å²) < 4.78 is 5.03. The number of ether oxygens (including phenoxy) is 1. The van der Waals surface area contributed by atoms with Crippen LogP contribution in [0, 0.1) is 0 Å². The fourth-order valence-corrected chi connectivity index (χ4v) is 1.76. The van der Waals surface area contributed by atoms with Crippen LogP contribution < -0.4 is 5.43 Å². The van der Waals surface area contributed by atoms with Gasteiger partial charge in [0, 0.05) is 18.0 Å². The van der Waals surface area contributed by atoms with E-state index in [0.717, 1.165) is 0 Å². The summed E-state index contributed by atoms with van der Waals surface area (Å²) in [5, 5.41) is 41.4. The molecule has 0 unspecified atom stereocenters. The summed E-state index contributed by atoms with van der Waals surface area (Å²) in [7, 11) is 0. The van der Waals surface area contributed by atoms with E-state index >= 15 is 0 Å². The second-order valence-electron chi connectivity index (χ2n) is 4.39. The summed E-state index contributed by atoms with van der Waals surface area (Å²) >= 11 is 0. The predicted octanol–water partition coefficient (Wildman–Crippen LogP) is -2.40. The van der Waals surface area contributed by atoms with E-state index in [0.29, 0.717) is 5.56 Å². The topological polar surface area (TPSA) is 144 Å². The molecule has 114 valence electrons. The number of hydrazone groups is 1. The summed E-state index contributed by atoms with van der Waals surface area (Å²) in [6.07, 6.45) is -2.93. The molecule has 1 amide bonds. The summed E-state index contributed by atoms with van der Waals surface area (Å²) in [6, 6.07) is 2.92. The van der Waals surface area contributed by atoms with Crippen LogP contribution in [0.1, 0.15) is 10.4 Å². The highest BCUT2D eigenvalue weighted by Crippen LogP contribution is 2.17. The van der Waals surface area contributed by atoms with Gasteiger partial charge >= 0.3 is 0 Å². The van der Waals surface area contributed by atoms with Crippen molar-refractivity contribution in [2.24, 2.45) is 5.10 Å². The van der Waals surface area contributed by atoms with E-state index in [1.807, 2.05) is 0 Å². The number of carbonyl (C=O) groups is 1. The van der Waals surface area contributed by atoms with E-state index in [4.69, 9.17) is 9.84 Å². The van der Waals surface area contributed by atoms with Crippen LogP contribution in [0.4, 0.5) is 0 Å². The Hall–Kier alpha value is -2.07. The predicted molar refractivity (Wildman–Crippen MR) is 69.1 cm³/mol. The number of carbonyl (C=O) groups excluding carboxylic acids is 1. The number of hydrogen-bond acceptors (Lipinski definition) is 8. The lowest BCUT2D eigenvalue weighted by Gasteiger charge is -2.35. The Morgan fingerprint density at radius 1 is 1.29 bits per heavy atom. The fourth-order valence-electron chi connectivity index (χ4n) is 1.76. The van der Waals surface area contributed by atoms with Crippen molar-refractivity contribution in [2.75, 3.05) is 6.61 Å². The summed E-state index contributed by atoms with van der Waals surface area (Å²) in [5.41, 5.74) is 2.43. The van der Waals surface area contributed by atoms with Crippen LogP contribution in [0.2, 0.25) is 0 Å². The second kappa shape index (κ2) is 6.59. The minimum atomic E-state index is -1.61. The molecule has 0 bridgehead atoms. The monoisotopic (exact) mass is 297 g/mol. The zero-order valence-electron chi connectivity index (χ0n) is 10.8. The third kappa shape index (κ3) is 3.34. The molecule has 4 atom stereocenters. The van der Waals surface area contributed by atoms with Gasteiger partial charge < -0.3 is 25.2 Å². The van der Waals surface area contributed by atoms with E-state index < -0.39 is 42.8 Å². The lowest BCUT2D eigenvalue weighted by Crippen LogP contribution is -2.57. The van der Waals surface area contributed by atoms with E-state index in [2.05, 4.69) is 15.5 Å². The standard InChI is InChI=1S/C12H15N3O6/c16-5-7-8(17)9(18)10(19)12(21-7)15-14-11(20)6-1-3-13-4-2-6/h1-4,7-10,16-19H,5H2,(H,14,20)/b15-12+/t7-,8-,9+,10-/m1/s1. The van der Waals surface area contributed by atoms with Gasteiger partial charge in [-0.25, -0.2) is 5.43 Å². The van der Waals surface area contributed by atoms with Crippen LogP contribution in [0.25, 0.3) is 0 Å². The van der Waals surface area contributed by atoms with Gasteiger partial charge in [0.2, 0.25) is 5.90 Å². The van der Waals surface area contributed by atoms with Crippen molar-refractivity contribution in [1.82, 2.24) is 10.4 Å². The molecule has 2 rings (SSSR count). The van der Waals surface area contributed by atoms with Gasteiger partial charge in [0.05, 0.1) is 6.61 Å². The molecule has 9 nitrogen and oxygen atoms in total. The lowest BCUT2D eigenvalue weighted by molar-refractivity contribution is -0.129. The van der Waals surface area contributed by atoms with Gasteiger partial charge in [-0.2, -0.15) is 0 Å². The molecule has 21 heavy (non-hydrogen) atoms. The Bertz CT molecular complexity index is 521. The summed E-state index contributed by atoms with van der Waals surface area (Å²) in [5.74, 6) is -0.962. The molecular weight excluding hydrogens is 282 g/mol. The molecule has 9 heteroatoms. The van der Waals surface area contributed by atoms with Gasteiger partial charge in [-0.15, -0.1) is 5.10 Å². The molecule has 1 aliphatic heterocycles. The van der Waals surface area contributed by atoms with Crippen molar-refractivity contribution in [3.8, 4) is 0 Å². The second-order valence-corrected chi connectivity index (χ2v) is 4.39. The summed E-state index contributed by atoms with van der Waals surface area (Å²) in [6.45, 7) is -0.581. The smallest absolute Gasteiger partial charge is 0.271 e. The average Bonchev–Trinajstić information content (AvgIpc) is 2.52. The third-order valence-electron chi connectivity index (χ3n) is 2.97. The quantitative estimate of drug-likeness (QED) is 0.391. The third-order valence-corrected chi connectivity index (χ3v) is 2.97. The van der Waals surface area contributed by atoms with Gasteiger partial charge in [-0.1, -0.05) is 0 Å². The van der Waals surface area contributed by atoms with Crippen LogP contribution in [-0.2, 0) is 4.74 Å². The molecule has 1 aromatic heterocycles. The van der Waals surface area contributed by atoms with Crippen molar-refractivity contribution in [3.63, 3.8) is 0 Å². The Morgan fingerprint density at radius 2 is 1.95 bits per heavy atom. The largest absolute Gasteiger partial charge is 0.469 e. The number of aromatic nitrogens is 1. The van der Waals surface area contributed by atoms with Gasteiger partial charge in [-0.3, -0.25) is 9.78 Å². The van der Waals surface area contributed by atoms with Crippen LogP contribution in [0.15, 0.2) is 29.6 Å². The number of rotatable bonds is 3. The van der Waals surface area contributed by atoms with E-state index in [1.54, 1.807) is 0 Å². The Balaban J connectivity index is 2.08. The molecule has 0 radical (unpaired) electrons. The number of aliphatic hydroxyl groups excluding tert-OH is 4. The van der Waals surface area contributed by atoms with Crippen molar-refractivity contribution in [1.29, 1.82) is 0 Å². The van der Waals surface area contributed by atoms with Gasteiger partial charge in [0.1, 0.15) is 12.2 Å². The Labute approximate surface area is 119 Å². The van der Waals surface area contributed by atoms with Crippen molar-refractivity contribution in [2.45, 2.75) is 24.4 Å². The summed E-state index contributed by atoms with van der Waals surface area (Å²) in [4.78, 5) is 15.5. The van der Waals surface area contributed by atoms with Gasteiger partial charge in [0.25, 0.3) is 5.91 Å². The Kier molecular flexibility index (Phi) is 4.81. The maximum Gasteiger partial charge on any atom is 0.271 e. The number of aliphatic hydroxyl groups is 4. The number of amides is 1. The number of pyridine rings is 1. The molecule has 1 aliphatic rings. The molecule has 1 saturated heterocycles. The zero-order valence-corrected chi connectivity index (χ0v) is 10.8. The lowest BCUT2D eigenvalue weighted by atomic mass is 10.00. The first-order chi connectivity index (χ1) is 10.0. The molecule has 0 spiro atoms. The van der Waals surface area contributed by atoms with Crippen molar-refractivity contribution in [3.05, 3.63) is 30.1 Å². The SMILES string of the molecule is O=C(N/N=C1/O[C@H](CO)[C@@H](O)[C@H](O)[C@H]1O)c1ccncc1. The number of nitrogens with one attached hydrogen (secondary N) is 1. The molecule has 0 saturated carbocycles. The van der Waals surface area contributed by atoms with Crippen LogP contribution in [-0.4, -0.2) is 68.2 Å². The van der Waals surface area contributed by atoms with Crippen LogP contribution in [0.3, 0.4) is 0 Å². The molecule has 5 N–H and O–H groups in total. The van der Waals surface area contributed by atoms with Crippen molar-refractivity contribution < 1.29 is 30.0 Å². The minimum Gasteiger partial charge on any atom is -0.469 e. The zero-order chi connectivity index (χ0) is 15.4. The fraction of sp³-hybridized carbons (Fsp3) is 0.417. The molecule has 0 aromatic carbocycles. The maximum atomic E-state index is 11.7. The average molecular weight is 297 g/mol. The minimum absolute atomic E-state index is 0.291. The first-order valence-corrected chi connectivity index (χ1v) is 6.14. The van der Waals surface area contributed by atoms with Gasteiger partial charge in [0.15, 0.2) is 12.2 Å². The Morgan fingerprint density at radius 3 is 2.57 bits per heavy atom. The maximum absolute atomic E-state index is 11.7. The molecule has 1 fully saturated rings. The van der Waals surface area contributed by atoms with Crippen molar-refractivity contribution >= 4 is 11.8 Å². The molecule has 0 aliphatic carbocycles. The number of hydrogen-bond donors (Lipinski definition) is 5. The highest BCUT2D eigenvalue weighted by atomic mass is 16.5. The van der Waals surface area contributed by atoms with Crippen LogP contribution in [0.5, 0.6) is 0 Å². The highest BCUT2D eigenvalue weighted by Gasteiger charge is 2.42. The molecule has 2 heterocycles. The highest BCUT2D eigenvalue weighted by molar-refractivity contribution is 5.95. The first-order valence-electron chi connectivity index (χ1n) is 6.14. The molecular formula is C12H15N3O6.